The van der Waals surface area contributed by atoms with Crippen molar-refractivity contribution in [2.24, 2.45) is 0 Å². The molecule has 9 nitrogen and oxygen atoms in total. The van der Waals surface area contributed by atoms with Gasteiger partial charge in [-0.1, -0.05) is 12.1 Å². The second-order valence-electron chi connectivity index (χ2n) is 6.09. The summed E-state index contributed by atoms with van der Waals surface area (Å²) < 4.78 is 33.1. The highest BCUT2D eigenvalue weighted by Gasteiger charge is 2.24. The summed E-state index contributed by atoms with van der Waals surface area (Å²) in [5.74, 6) is -0.336. The van der Waals surface area contributed by atoms with Gasteiger partial charge < -0.3 is 10.1 Å². The number of aromatic nitrogens is 3. The van der Waals surface area contributed by atoms with Gasteiger partial charge in [-0.05, 0) is 31.5 Å². The number of likely N-dealkylation sites (N-methyl/N-ethyl adjacent to an activating group) is 1. The van der Waals surface area contributed by atoms with Crippen molar-refractivity contribution >= 4 is 27.0 Å². The minimum absolute atomic E-state index is 0.00269. The molecule has 1 heterocycles. The van der Waals surface area contributed by atoms with Crippen LogP contribution in [0.3, 0.4) is 0 Å². The lowest BCUT2D eigenvalue weighted by atomic mass is 10.2. The number of rotatable bonds is 9. The molecule has 1 aromatic carbocycles. The van der Waals surface area contributed by atoms with E-state index in [-0.39, 0.29) is 23.4 Å². The van der Waals surface area contributed by atoms with Crippen LogP contribution in [-0.2, 0) is 26.1 Å². The summed E-state index contributed by atoms with van der Waals surface area (Å²) in [4.78, 5) is 12.0. The van der Waals surface area contributed by atoms with E-state index in [2.05, 4.69) is 15.6 Å². The molecule has 0 aliphatic rings. The Bertz CT molecular complexity index is 865. The smallest absolute Gasteiger partial charge is 0.243 e. The molecule has 1 amide bonds. The molecule has 0 radical (unpaired) electrons. The Balaban J connectivity index is 2.18. The van der Waals surface area contributed by atoms with E-state index in [0.717, 1.165) is 16.2 Å². The Labute approximate surface area is 153 Å². The third-order valence-electron chi connectivity index (χ3n) is 4.09. The summed E-state index contributed by atoms with van der Waals surface area (Å²) in [7, 11) is -0.831. The van der Waals surface area contributed by atoms with Crippen LogP contribution in [0.15, 0.2) is 23.1 Å². The summed E-state index contributed by atoms with van der Waals surface area (Å²) in [5, 5.41) is 10.8. The number of benzene rings is 1. The summed E-state index contributed by atoms with van der Waals surface area (Å²) in [6.45, 7) is 4.57. The maximum absolute atomic E-state index is 12.7. The second-order valence-corrected chi connectivity index (χ2v) is 8.14. The summed E-state index contributed by atoms with van der Waals surface area (Å²) in [6.07, 6.45) is 0.775. The van der Waals surface area contributed by atoms with Gasteiger partial charge in [-0.25, -0.2) is 13.1 Å². The third kappa shape index (κ3) is 4.57. The Morgan fingerprint density at radius 3 is 2.81 bits per heavy atom. The fraction of sp³-hybridized carbons (Fsp3) is 0.562. The molecule has 1 aromatic heterocycles. The van der Waals surface area contributed by atoms with Crippen molar-refractivity contribution < 1.29 is 17.9 Å². The Kier molecular flexibility index (Phi) is 6.68. The number of ether oxygens (including phenoxy) is 1. The van der Waals surface area contributed by atoms with Crippen molar-refractivity contribution in [1.29, 1.82) is 0 Å². The first-order valence-electron chi connectivity index (χ1n) is 8.37. The van der Waals surface area contributed by atoms with Crippen LogP contribution >= 0.6 is 0 Å². The lowest BCUT2D eigenvalue weighted by molar-refractivity contribution is -0.121. The fourth-order valence-electron chi connectivity index (χ4n) is 2.35. The van der Waals surface area contributed by atoms with E-state index < -0.39 is 10.0 Å². The molecule has 2 aromatic rings. The molecule has 0 aliphatic heterocycles. The molecule has 10 heteroatoms. The topological polar surface area (TPSA) is 106 Å². The minimum Gasteiger partial charge on any atom is -0.383 e. The van der Waals surface area contributed by atoms with Crippen LogP contribution in [-0.4, -0.2) is 67.0 Å². The highest BCUT2D eigenvalue weighted by atomic mass is 32.2. The van der Waals surface area contributed by atoms with Gasteiger partial charge in [-0.15, -0.1) is 5.10 Å². The highest BCUT2D eigenvalue weighted by Crippen LogP contribution is 2.20. The molecular weight excluding hydrogens is 358 g/mol. The molecule has 2 rings (SSSR count). The summed E-state index contributed by atoms with van der Waals surface area (Å²) >= 11 is 0. The van der Waals surface area contributed by atoms with E-state index in [1.54, 1.807) is 17.9 Å². The van der Waals surface area contributed by atoms with E-state index in [4.69, 9.17) is 4.74 Å². The van der Waals surface area contributed by atoms with Crippen molar-refractivity contribution in [3.05, 3.63) is 18.2 Å². The second kappa shape index (κ2) is 8.56. The minimum atomic E-state index is -3.80. The van der Waals surface area contributed by atoms with Crippen LogP contribution in [0.1, 0.15) is 20.3 Å². The van der Waals surface area contributed by atoms with Crippen LogP contribution < -0.4 is 5.32 Å². The lowest BCUT2D eigenvalue weighted by Crippen LogP contribution is -2.41. The molecule has 144 valence electrons. The monoisotopic (exact) mass is 383 g/mol. The third-order valence-corrected chi connectivity index (χ3v) is 5.89. The Hall–Kier alpha value is -2.04. The van der Waals surface area contributed by atoms with Gasteiger partial charge in [0.25, 0.3) is 0 Å². The highest BCUT2D eigenvalue weighted by molar-refractivity contribution is 7.89. The van der Waals surface area contributed by atoms with Crippen molar-refractivity contribution in [1.82, 2.24) is 24.6 Å². The van der Waals surface area contributed by atoms with Crippen molar-refractivity contribution in [2.75, 3.05) is 27.3 Å². The van der Waals surface area contributed by atoms with Gasteiger partial charge in [0, 0.05) is 20.2 Å². The Morgan fingerprint density at radius 2 is 2.15 bits per heavy atom. The zero-order valence-corrected chi connectivity index (χ0v) is 16.3. The van der Waals surface area contributed by atoms with E-state index in [0.29, 0.717) is 18.7 Å². The molecule has 0 spiro atoms. The SMILES string of the molecule is CC[C@H](C)NC(=O)CN(C)S(=O)(=O)c1ccc2c(c1)nnn2CCOC. The van der Waals surface area contributed by atoms with Crippen LogP contribution in [0, 0.1) is 0 Å². The molecule has 26 heavy (non-hydrogen) atoms. The van der Waals surface area contributed by atoms with Crippen molar-refractivity contribution in [2.45, 2.75) is 37.8 Å². The van der Waals surface area contributed by atoms with Crippen LogP contribution in [0.4, 0.5) is 0 Å². The van der Waals surface area contributed by atoms with Gasteiger partial charge in [-0.2, -0.15) is 4.31 Å². The van der Waals surface area contributed by atoms with Gasteiger partial charge in [0.2, 0.25) is 15.9 Å². The average Bonchev–Trinajstić information content (AvgIpc) is 3.01. The molecule has 0 saturated heterocycles. The maximum atomic E-state index is 12.7. The van der Waals surface area contributed by atoms with Crippen molar-refractivity contribution in [3.8, 4) is 0 Å². The van der Waals surface area contributed by atoms with Crippen molar-refractivity contribution in [3.63, 3.8) is 0 Å². The van der Waals surface area contributed by atoms with E-state index >= 15 is 0 Å². The van der Waals surface area contributed by atoms with Gasteiger partial charge in [-0.3, -0.25) is 4.79 Å². The van der Waals surface area contributed by atoms with E-state index in [1.165, 1.54) is 19.2 Å². The van der Waals surface area contributed by atoms with Crippen LogP contribution in [0.2, 0.25) is 0 Å². The number of carbonyl (C=O) groups is 1. The van der Waals surface area contributed by atoms with Crippen LogP contribution in [0.5, 0.6) is 0 Å². The molecule has 0 aliphatic carbocycles. The average molecular weight is 383 g/mol. The number of hydrogen-bond acceptors (Lipinski definition) is 6. The number of fused-ring (bicyclic) bond motifs is 1. The first kappa shape index (κ1) is 20.3. The zero-order valence-electron chi connectivity index (χ0n) is 15.5. The largest absolute Gasteiger partial charge is 0.383 e. The lowest BCUT2D eigenvalue weighted by Gasteiger charge is -2.18. The number of carbonyl (C=O) groups excluding carboxylic acids is 1. The molecule has 0 bridgehead atoms. The normalized spacial score (nSPS) is 13.3. The molecule has 1 atom stereocenters. The van der Waals surface area contributed by atoms with E-state index in [1.807, 2.05) is 13.8 Å². The van der Waals surface area contributed by atoms with Gasteiger partial charge in [0.15, 0.2) is 0 Å². The quantitative estimate of drug-likeness (QED) is 0.680. The standard InChI is InChI=1S/C16H25N5O4S/c1-5-12(2)17-16(22)11-20(3)26(23,24)13-6-7-15-14(10-13)18-19-21(15)8-9-25-4/h6-7,10,12H,5,8-9,11H2,1-4H3,(H,17,22)/t12-/m0/s1. The fourth-order valence-corrected chi connectivity index (χ4v) is 3.49. The van der Waals surface area contributed by atoms with Gasteiger partial charge in [0.1, 0.15) is 5.52 Å². The molecule has 0 saturated carbocycles. The van der Waals surface area contributed by atoms with Gasteiger partial charge in [0.05, 0.1) is 30.1 Å². The summed E-state index contributed by atoms with van der Waals surface area (Å²) in [6, 6.07) is 4.61. The zero-order chi connectivity index (χ0) is 19.3. The first-order valence-corrected chi connectivity index (χ1v) is 9.81. The van der Waals surface area contributed by atoms with E-state index in [9.17, 15) is 13.2 Å². The number of nitrogens with one attached hydrogen (secondary N) is 1. The molecular formula is C16H25N5O4S. The predicted octanol–water partition coefficient (Wildman–Crippen LogP) is 0.613. The number of amides is 1. The number of nitrogens with zero attached hydrogens (tertiary/aromatic N) is 4. The molecule has 1 N–H and O–H groups in total. The Morgan fingerprint density at radius 1 is 1.42 bits per heavy atom. The summed E-state index contributed by atoms with van der Waals surface area (Å²) in [5.41, 5.74) is 1.19. The number of hydrogen-bond donors (Lipinski definition) is 1. The molecule has 0 unspecified atom stereocenters. The van der Waals surface area contributed by atoms with Gasteiger partial charge >= 0.3 is 0 Å². The number of sulfonamides is 1. The number of methoxy groups -OCH3 is 1. The predicted molar refractivity (Wildman–Crippen MR) is 97.1 cm³/mol. The van der Waals surface area contributed by atoms with Crippen LogP contribution in [0.25, 0.3) is 11.0 Å². The maximum Gasteiger partial charge on any atom is 0.243 e. The first-order chi connectivity index (χ1) is 12.3. The molecule has 0 fully saturated rings.